The molecule has 2 amide bonds. The van der Waals surface area contributed by atoms with Gasteiger partial charge in [0.1, 0.15) is 12.2 Å². The number of nitrogens with zero attached hydrogens (tertiary/aromatic N) is 2. The molecule has 1 unspecified atom stereocenters. The molecule has 3 aromatic rings. The first-order valence-electron chi connectivity index (χ1n) is 11.3. The van der Waals surface area contributed by atoms with Crippen molar-refractivity contribution in [2.24, 2.45) is 0 Å². The zero-order valence-corrected chi connectivity index (χ0v) is 18.9. The molecule has 2 N–H and O–H groups in total. The van der Waals surface area contributed by atoms with Crippen LogP contribution in [0.4, 0.5) is 4.39 Å². The minimum Gasteiger partial charge on any atom is -0.343 e. The second-order valence-corrected chi connectivity index (χ2v) is 8.83. The molecule has 172 valence electrons. The van der Waals surface area contributed by atoms with Gasteiger partial charge in [-0.1, -0.05) is 68.4 Å². The van der Waals surface area contributed by atoms with E-state index in [4.69, 9.17) is 0 Å². The van der Waals surface area contributed by atoms with Gasteiger partial charge in [-0.15, -0.1) is 0 Å². The van der Waals surface area contributed by atoms with E-state index in [-0.39, 0.29) is 31.2 Å². The molecule has 33 heavy (non-hydrogen) atoms. The molecule has 1 aliphatic rings. The van der Waals surface area contributed by atoms with Crippen LogP contribution >= 0.6 is 0 Å². The molecule has 3 atom stereocenters. The predicted molar refractivity (Wildman–Crippen MR) is 124 cm³/mol. The van der Waals surface area contributed by atoms with E-state index >= 15 is 0 Å². The number of halogens is 1. The van der Waals surface area contributed by atoms with Crippen LogP contribution < -0.4 is 5.32 Å². The number of aromatic nitrogens is 2. The summed E-state index contributed by atoms with van der Waals surface area (Å²) in [6.45, 7) is 4.19. The van der Waals surface area contributed by atoms with Crippen molar-refractivity contribution in [2.45, 2.75) is 50.9 Å². The molecule has 1 fully saturated rings. The highest BCUT2D eigenvalue weighted by atomic mass is 19.1. The minimum atomic E-state index is -1.23. The summed E-state index contributed by atoms with van der Waals surface area (Å²) in [5, 5.41) is 9.67. The van der Waals surface area contributed by atoms with Crippen molar-refractivity contribution in [1.29, 1.82) is 0 Å². The lowest BCUT2D eigenvalue weighted by Gasteiger charge is -2.27. The zero-order valence-electron chi connectivity index (χ0n) is 18.9. The van der Waals surface area contributed by atoms with Crippen molar-refractivity contribution >= 4 is 11.8 Å². The Bertz CT molecular complexity index is 1070. The molecular formula is C26H29FN4O2. The molecule has 4 rings (SSSR count). The molecule has 6 nitrogen and oxygen atoms in total. The van der Waals surface area contributed by atoms with Gasteiger partial charge in [-0.05, 0) is 28.7 Å². The van der Waals surface area contributed by atoms with Gasteiger partial charge in [0.25, 0.3) is 0 Å². The Morgan fingerprint density at radius 2 is 1.73 bits per heavy atom. The molecule has 2 aromatic carbocycles. The summed E-state index contributed by atoms with van der Waals surface area (Å²) in [6.07, 6.45) is 0.375. The van der Waals surface area contributed by atoms with Crippen LogP contribution in [0.2, 0.25) is 0 Å². The van der Waals surface area contributed by atoms with E-state index in [1.807, 2.05) is 42.5 Å². The van der Waals surface area contributed by atoms with Gasteiger partial charge < -0.3 is 10.2 Å². The van der Waals surface area contributed by atoms with Gasteiger partial charge in [0.2, 0.25) is 11.8 Å². The molecule has 0 aliphatic carbocycles. The smallest absolute Gasteiger partial charge is 0.243 e. The highest BCUT2D eigenvalue weighted by molar-refractivity contribution is 5.89. The van der Waals surface area contributed by atoms with Crippen LogP contribution in [0, 0.1) is 0 Å². The van der Waals surface area contributed by atoms with E-state index in [0.29, 0.717) is 11.6 Å². The van der Waals surface area contributed by atoms with E-state index in [1.165, 1.54) is 10.5 Å². The summed E-state index contributed by atoms with van der Waals surface area (Å²) in [6, 6.07) is 18.3. The quantitative estimate of drug-likeness (QED) is 0.575. The largest absolute Gasteiger partial charge is 0.343 e. The fourth-order valence-corrected chi connectivity index (χ4v) is 4.27. The van der Waals surface area contributed by atoms with Crippen molar-refractivity contribution in [3.8, 4) is 0 Å². The van der Waals surface area contributed by atoms with Crippen LogP contribution in [0.3, 0.4) is 0 Å². The number of rotatable bonds is 7. The first-order valence-corrected chi connectivity index (χ1v) is 11.3. The lowest BCUT2D eigenvalue weighted by molar-refractivity contribution is -0.138. The van der Waals surface area contributed by atoms with Gasteiger partial charge in [-0.3, -0.25) is 14.7 Å². The number of amides is 2. The number of benzene rings is 2. The Hall–Kier alpha value is -3.48. The predicted octanol–water partition coefficient (Wildman–Crippen LogP) is 3.92. The minimum absolute atomic E-state index is 0.00561. The number of carbonyl (C=O) groups excluding carboxylic acids is 2. The maximum Gasteiger partial charge on any atom is 0.243 e. The van der Waals surface area contributed by atoms with Crippen LogP contribution in [0.1, 0.15) is 54.6 Å². The summed E-state index contributed by atoms with van der Waals surface area (Å²) >= 11 is 0. The highest BCUT2D eigenvalue weighted by Crippen LogP contribution is 2.27. The van der Waals surface area contributed by atoms with Gasteiger partial charge in [0.15, 0.2) is 0 Å². The van der Waals surface area contributed by atoms with E-state index in [9.17, 15) is 14.0 Å². The van der Waals surface area contributed by atoms with E-state index in [2.05, 4.69) is 41.5 Å². The van der Waals surface area contributed by atoms with Crippen molar-refractivity contribution < 1.29 is 14.0 Å². The fraction of sp³-hybridized carbons (Fsp3) is 0.346. The normalized spacial score (nSPS) is 19.0. The van der Waals surface area contributed by atoms with Crippen molar-refractivity contribution in [2.75, 3.05) is 6.54 Å². The number of carbonyl (C=O) groups is 2. The lowest BCUT2D eigenvalue weighted by atomic mass is 9.95. The highest BCUT2D eigenvalue weighted by Gasteiger charge is 2.40. The number of nitrogens with one attached hydrogen (secondary N) is 2. The molecule has 1 aromatic heterocycles. The third-order valence-electron chi connectivity index (χ3n) is 6.13. The average Bonchev–Trinajstić information content (AvgIpc) is 3.47. The van der Waals surface area contributed by atoms with Crippen molar-refractivity contribution in [3.05, 3.63) is 89.2 Å². The van der Waals surface area contributed by atoms with Gasteiger partial charge in [0.05, 0.1) is 19.0 Å². The van der Waals surface area contributed by atoms with Crippen molar-refractivity contribution in [1.82, 2.24) is 20.4 Å². The Kier molecular flexibility index (Phi) is 6.87. The molecule has 0 spiro atoms. The standard InChI is InChI=1S/C26H29FN4O2/c1-17(2)18-8-10-20(11-9-18)25(19-6-4-3-5-7-19)29-26(33)23-14-21(27)16-31(23)24(32)15-22-12-13-28-30-22/h3-13,17,21,23,25H,14-16H2,1-2H3,(H,28,30)(H,29,33)/t21-,23?,25+/m1/s1. The van der Waals surface area contributed by atoms with Crippen LogP contribution in [-0.4, -0.2) is 45.7 Å². The monoisotopic (exact) mass is 448 g/mol. The zero-order chi connectivity index (χ0) is 23.4. The van der Waals surface area contributed by atoms with Crippen LogP contribution in [0.25, 0.3) is 0 Å². The number of alkyl halides is 1. The van der Waals surface area contributed by atoms with Crippen LogP contribution in [0.5, 0.6) is 0 Å². The van der Waals surface area contributed by atoms with Gasteiger partial charge in [-0.2, -0.15) is 5.10 Å². The number of hydrogen-bond donors (Lipinski definition) is 2. The van der Waals surface area contributed by atoms with Gasteiger partial charge >= 0.3 is 0 Å². The second-order valence-electron chi connectivity index (χ2n) is 8.83. The van der Waals surface area contributed by atoms with Crippen molar-refractivity contribution in [3.63, 3.8) is 0 Å². The van der Waals surface area contributed by atoms with Gasteiger partial charge in [-0.25, -0.2) is 4.39 Å². The van der Waals surface area contributed by atoms with Gasteiger partial charge in [0, 0.05) is 18.3 Å². The second kappa shape index (κ2) is 9.98. The molecule has 0 radical (unpaired) electrons. The van der Waals surface area contributed by atoms with E-state index in [0.717, 1.165) is 11.1 Å². The Morgan fingerprint density at radius 1 is 1.06 bits per heavy atom. The van der Waals surface area contributed by atoms with E-state index in [1.54, 1.807) is 12.3 Å². The molecule has 1 saturated heterocycles. The Labute approximate surface area is 193 Å². The Balaban J connectivity index is 1.56. The number of aromatic amines is 1. The summed E-state index contributed by atoms with van der Waals surface area (Å²) in [5.41, 5.74) is 3.70. The molecule has 2 heterocycles. The topological polar surface area (TPSA) is 78.1 Å². The summed E-state index contributed by atoms with van der Waals surface area (Å²) in [5.74, 6) is -0.245. The van der Waals surface area contributed by atoms with E-state index < -0.39 is 18.3 Å². The molecule has 0 bridgehead atoms. The summed E-state index contributed by atoms with van der Waals surface area (Å²) in [7, 11) is 0. The third kappa shape index (κ3) is 5.30. The Morgan fingerprint density at radius 3 is 2.36 bits per heavy atom. The third-order valence-corrected chi connectivity index (χ3v) is 6.13. The SMILES string of the molecule is CC(C)c1ccc([C@@H](NC(=O)C2C[C@@H](F)CN2C(=O)Cc2ccn[nH]2)c2ccccc2)cc1. The molecule has 1 aliphatic heterocycles. The lowest BCUT2D eigenvalue weighted by Crippen LogP contribution is -2.47. The molecule has 0 saturated carbocycles. The summed E-state index contributed by atoms with van der Waals surface area (Å²) < 4.78 is 14.3. The first kappa shape index (κ1) is 22.7. The number of H-pyrrole nitrogens is 1. The molecule has 7 heteroatoms. The maximum atomic E-state index is 14.3. The number of likely N-dealkylation sites (tertiary alicyclic amines) is 1. The fourth-order valence-electron chi connectivity index (χ4n) is 4.27. The maximum absolute atomic E-state index is 14.3. The van der Waals surface area contributed by atoms with Crippen LogP contribution in [0.15, 0.2) is 66.9 Å². The average molecular weight is 449 g/mol. The molecular weight excluding hydrogens is 419 g/mol. The van der Waals surface area contributed by atoms with Crippen LogP contribution in [-0.2, 0) is 16.0 Å². The number of hydrogen-bond acceptors (Lipinski definition) is 3. The summed E-state index contributed by atoms with van der Waals surface area (Å²) in [4.78, 5) is 27.5. The first-order chi connectivity index (χ1) is 15.9.